The SMILES string of the molecule is CCCOc1ccc2oc(CN)c(COC)c2c1. The average Bonchev–Trinajstić information content (AvgIpc) is 2.74. The summed E-state index contributed by atoms with van der Waals surface area (Å²) in [4.78, 5) is 0. The van der Waals surface area contributed by atoms with Crippen molar-refractivity contribution in [2.24, 2.45) is 5.73 Å². The number of ether oxygens (including phenoxy) is 2. The largest absolute Gasteiger partial charge is 0.494 e. The van der Waals surface area contributed by atoms with Crippen molar-refractivity contribution >= 4 is 11.0 Å². The van der Waals surface area contributed by atoms with Crippen LogP contribution >= 0.6 is 0 Å². The molecule has 0 atom stereocenters. The topological polar surface area (TPSA) is 57.6 Å². The summed E-state index contributed by atoms with van der Waals surface area (Å²) in [7, 11) is 1.66. The maximum Gasteiger partial charge on any atom is 0.135 e. The lowest BCUT2D eigenvalue weighted by molar-refractivity contribution is 0.184. The number of hydrogen-bond donors (Lipinski definition) is 1. The first-order valence-corrected chi connectivity index (χ1v) is 6.16. The molecule has 4 nitrogen and oxygen atoms in total. The molecule has 0 amide bonds. The van der Waals surface area contributed by atoms with Gasteiger partial charge in [-0.1, -0.05) is 6.92 Å². The Morgan fingerprint density at radius 3 is 2.83 bits per heavy atom. The van der Waals surface area contributed by atoms with Crippen molar-refractivity contribution in [3.63, 3.8) is 0 Å². The van der Waals surface area contributed by atoms with Gasteiger partial charge in [0.1, 0.15) is 17.1 Å². The van der Waals surface area contributed by atoms with E-state index >= 15 is 0 Å². The number of hydrogen-bond acceptors (Lipinski definition) is 4. The summed E-state index contributed by atoms with van der Waals surface area (Å²) in [5.74, 6) is 1.63. The van der Waals surface area contributed by atoms with Crippen molar-refractivity contribution in [2.75, 3.05) is 13.7 Å². The highest BCUT2D eigenvalue weighted by molar-refractivity contribution is 5.83. The summed E-state index contributed by atoms with van der Waals surface area (Å²) in [6, 6.07) is 5.82. The zero-order valence-corrected chi connectivity index (χ0v) is 10.9. The third-order valence-corrected chi connectivity index (χ3v) is 2.79. The Bertz CT molecular complexity index is 519. The molecule has 0 unspecified atom stereocenters. The zero-order valence-electron chi connectivity index (χ0n) is 10.9. The van der Waals surface area contributed by atoms with Crippen LogP contribution in [0.2, 0.25) is 0 Å². The molecular formula is C14H19NO3. The van der Waals surface area contributed by atoms with Crippen molar-refractivity contribution in [1.82, 2.24) is 0 Å². The molecule has 4 heteroatoms. The normalized spacial score (nSPS) is 11.1. The van der Waals surface area contributed by atoms with E-state index in [1.165, 1.54) is 0 Å². The van der Waals surface area contributed by atoms with E-state index in [4.69, 9.17) is 19.6 Å². The minimum atomic E-state index is 0.374. The van der Waals surface area contributed by atoms with Gasteiger partial charge in [-0.15, -0.1) is 0 Å². The second kappa shape index (κ2) is 5.89. The molecule has 0 fully saturated rings. The van der Waals surface area contributed by atoms with Crippen molar-refractivity contribution in [3.8, 4) is 5.75 Å². The summed E-state index contributed by atoms with van der Waals surface area (Å²) in [5.41, 5.74) is 7.52. The van der Waals surface area contributed by atoms with Crippen LogP contribution in [0.5, 0.6) is 5.75 Å². The van der Waals surface area contributed by atoms with Gasteiger partial charge >= 0.3 is 0 Å². The van der Waals surface area contributed by atoms with Gasteiger partial charge in [-0.3, -0.25) is 0 Å². The third kappa shape index (κ3) is 2.49. The fraction of sp³-hybridized carbons (Fsp3) is 0.429. The first kappa shape index (κ1) is 12.9. The second-order valence-electron chi connectivity index (χ2n) is 4.15. The number of nitrogens with two attached hydrogens (primary N) is 1. The van der Waals surface area contributed by atoms with Crippen LogP contribution in [0.3, 0.4) is 0 Å². The minimum absolute atomic E-state index is 0.374. The molecule has 2 aromatic rings. The van der Waals surface area contributed by atoms with Crippen molar-refractivity contribution in [3.05, 3.63) is 29.5 Å². The number of furan rings is 1. The van der Waals surface area contributed by atoms with E-state index in [0.717, 1.165) is 34.5 Å². The molecule has 18 heavy (non-hydrogen) atoms. The first-order valence-electron chi connectivity index (χ1n) is 6.16. The molecule has 1 aromatic carbocycles. The lowest BCUT2D eigenvalue weighted by atomic mass is 10.1. The average molecular weight is 249 g/mol. The van der Waals surface area contributed by atoms with E-state index < -0.39 is 0 Å². The van der Waals surface area contributed by atoms with Crippen LogP contribution in [-0.2, 0) is 17.9 Å². The molecule has 98 valence electrons. The Balaban J connectivity index is 2.42. The lowest BCUT2D eigenvalue weighted by Crippen LogP contribution is -1.99. The summed E-state index contributed by atoms with van der Waals surface area (Å²) in [6.07, 6.45) is 0.988. The van der Waals surface area contributed by atoms with Gasteiger partial charge in [0.25, 0.3) is 0 Å². The first-order chi connectivity index (χ1) is 8.80. The van der Waals surface area contributed by atoms with Gasteiger partial charge in [-0.2, -0.15) is 0 Å². The Morgan fingerprint density at radius 2 is 2.17 bits per heavy atom. The standard InChI is InChI=1S/C14H19NO3/c1-3-6-17-10-4-5-13-11(7-10)12(9-16-2)14(8-15)18-13/h4-5,7H,3,6,8-9,15H2,1-2H3. The zero-order chi connectivity index (χ0) is 13.0. The van der Waals surface area contributed by atoms with E-state index in [1.54, 1.807) is 7.11 Å². The van der Waals surface area contributed by atoms with Crippen LogP contribution in [0.4, 0.5) is 0 Å². The maximum atomic E-state index is 5.70. The molecule has 0 aliphatic carbocycles. The highest BCUT2D eigenvalue weighted by Crippen LogP contribution is 2.29. The highest BCUT2D eigenvalue weighted by atomic mass is 16.5. The Morgan fingerprint density at radius 1 is 1.33 bits per heavy atom. The van der Waals surface area contributed by atoms with Crippen LogP contribution in [0.15, 0.2) is 22.6 Å². The van der Waals surface area contributed by atoms with E-state index in [-0.39, 0.29) is 0 Å². The molecule has 0 saturated carbocycles. The van der Waals surface area contributed by atoms with Gasteiger partial charge in [0.2, 0.25) is 0 Å². The van der Waals surface area contributed by atoms with Crippen molar-refractivity contribution < 1.29 is 13.9 Å². The molecule has 0 bridgehead atoms. The van der Waals surface area contributed by atoms with E-state index in [0.29, 0.717) is 19.8 Å². The minimum Gasteiger partial charge on any atom is -0.494 e. The molecule has 0 saturated heterocycles. The molecule has 0 spiro atoms. The van der Waals surface area contributed by atoms with Crippen LogP contribution < -0.4 is 10.5 Å². The Kier molecular flexibility index (Phi) is 4.23. The molecule has 0 aliphatic heterocycles. The van der Waals surface area contributed by atoms with Crippen molar-refractivity contribution in [2.45, 2.75) is 26.5 Å². The predicted molar refractivity (Wildman–Crippen MR) is 70.6 cm³/mol. The van der Waals surface area contributed by atoms with Gasteiger partial charge in [-0.25, -0.2) is 0 Å². The molecule has 2 N–H and O–H groups in total. The molecule has 2 rings (SSSR count). The quantitative estimate of drug-likeness (QED) is 0.855. The number of methoxy groups -OCH3 is 1. The Labute approximate surface area is 107 Å². The van der Waals surface area contributed by atoms with Crippen LogP contribution in [0.1, 0.15) is 24.7 Å². The lowest BCUT2D eigenvalue weighted by Gasteiger charge is -2.04. The van der Waals surface area contributed by atoms with Crippen LogP contribution in [-0.4, -0.2) is 13.7 Å². The summed E-state index contributed by atoms with van der Waals surface area (Å²) >= 11 is 0. The Hall–Kier alpha value is -1.52. The van der Waals surface area contributed by atoms with Gasteiger partial charge in [0.15, 0.2) is 0 Å². The third-order valence-electron chi connectivity index (χ3n) is 2.79. The highest BCUT2D eigenvalue weighted by Gasteiger charge is 2.13. The number of benzene rings is 1. The molecule has 0 aliphatic rings. The number of rotatable bonds is 6. The second-order valence-corrected chi connectivity index (χ2v) is 4.15. The molecular weight excluding hydrogens is 230 g/mol. The van der Waals surface area contributed by atoms with Gasteiger partial charge in [0.05, 0.1) is 19.8 Å². The summed E-state index contributed by atoms with van der Waals surface area (Å²) in [6.45, 7) is 3.67. The predicted octanol–water partition coefficient (Wildman–Crippen LogP) is 2.83. The fourth-order valence-corrected chi connectivity index (χ4v) is 1.96. The summed E-state index contributed by atoms with van der Waals surface area (Å²) in [5, 5.41) is 1.02. The maximum absolute atomic E-state index is 5.70. The molecule has 1 heterocycles. The fourth-order valence-electron chi connectivity index (χ4n) is 1.96. The smallest absolute Gasteiger partial charge is 0.135 e. The van der Waals surface area contributed by atoms with Gasteiger partial charge in [0, 0.05) is 18.1 Å². The van der Waals surface area contributed by atoms with Gasteiger partial charge < -0.3 is 19.6 Å². The van der Waals surface area contributed by atoms with E-state index in [9.17, 15) is 0 Å². The number of fused-ring (bicyclic) bond motifs is 1. The van der Waals surface area contributed by atoms with Crippen LogP contribution in [0, 0.1) is 0 Å². The van der Waals surface area contributed by atoms with Gasteiger partial charge in [-0.05, 0) is 24.6 Å². The summed E-state index contributed by atoms with van der Waals surface area (Å²) < 4.78 is 16.5. The van der Waals surface area contributed by atoms with E-state index in [1.807, 2.05) is 18.2 Å². The molecule has 1 aromatic heterocycles. The molecule has 0 radical (unpaired) electrons. The monoisotopic (exact) mass is 249 g/mol. The van der Waals surface area contributed by atoms with Crippen molar-refractivity contribution in [1.29, 1.82) is 0 Å². The van der Waals surface area contributed by atoms with Crippen LogP contribution in [0.25, 0.3) is 11.0 Å². The van der Waals surface area contributed by atoms with E-state index in [2.05, 4.69) is 6.92 Å².